The number of aliphatic imine (C=N–C) groups is 1. The molecule has 1 saturated heterocycles. The Morgan fingerprint density at radius 2 is 2.03 bits per heavy atom. The van der Waals surface area contributed by atoms with Crippen molar-refractivity contribution < 1.29 is 14.7 Å². The van der Waals surface area contributed by atoms with Crippen molar-refractivity contribution in [1.82, 2.24) is 15.6 Å². The number of carbonyl (C=O) groups is 1. The lowest BCUT2D eigenvalue weighted by Crippen LogP contribution is -2.38. The second kappa shape index (κ2) is 8.79. The number of amides is 1. The van der Waals surface area contributed by atoms with Gasteiger partial charge in [0.25, 0.3) is 5.91 Å². The van der Waals surface area contributed by atoms with Gasteiger partial charge in [0.15, 0.2) is 12.5 Å². The second-order valence-electron chi connectivity index (χ2n) is 7.34. The fraction of sp³-hybridized carbons (Fsp3) is 0.227. The van der Waals surface area contributed by atoms with Crippen molar-refractivity contribution in [2.75, 3.05) is 19.7 Å². The molecule has 5 rings (SSSR count). The Morgan fingerprint density at radius 1 is 1.23 bits per heavy atom. The number of nitrogens with one attached hydrogen (secondary N) is 3. The van der Waals surface area contributed by atoms with Crippen LogP contribution in [-0.4, -0.2) is 53.2 Å². The standard InChI is InChI=1S/C22H21N5O3.ClH/c28-18(24-13-9-10-23-11-13)12-30-27-20-15-6-2-4-8-17(15)25-21(20)19-14-5-1-3-7-16(14)26-22(19)29;/h1-8,13,23,26,29H,9-12H2,(H,24,28);1H/b27-20+;/t13-;/m0./s1. The van der Waals surface area contributed by atoms with Crippen molar-refractivity contribution in [1.29, 1.82) is 0 Å². The van der Waals surface area contributed by atoms with E-state index in [0.29, 0.717) is 17.0 Å². The molecule has 0 spiro atoms. The smallest absolute Gasteiger partial charge is 0.261 e. The summed E-state index contributed by atoms with van der Waals surface area (Å²) in [5.74, 6) is -0.199. The van der Waals surface area contributed by atoms with Gasteiger partial charge in [0, 0.05) is 29.1 Å². The maximum Gasteiger partial charge on any atom is 0.261 e. The third-order valence-electron chi connectivity index (χ3n) is 5.32. The van der Waals surface area contributed by atoms with Gasteiger partial charge in [-0.05, 0) is 25.1 Å². The molecular weight excluding hydrogens is 418 g/mol. The summed E-state index contributed by atoms with van der Waals surface area (Å²) in [4.78, 5) is 25.2. The number of nitrogens with zero attached hydrogens (tertiary/aromatic N) is 2. The van der Waals surface area contributed by atoms with Gasteiger partial charge in [-0.25, -0.2) is 4.99 Å². The zero-order valence-corrected chi connectivity index (χ0v) is 17.4. The Hall–Kier alpha value is -3.36. The minimum Gasteiger partial charge on any atom is -0.494 e. The van der Waals surface area contributed by atoms with Crippen LogP contribution in [0.1, 0.15) is 17.5 Å². The molecule has 3 aromatic rings. The summed E-state index contributed by atoms with van der Waals surface area (Å²) in [7, 11) is 0. The topological polar surface area (TPSA) is 111 Å². The lowest BCUT2D eigenvalue weighted by molar-refractivity contribution is -0.126. The number of aromatic amines is 1. The van der Waals surface area contributed by atoms with E-state index < -0.39 is 0 Å². The molecule has 0 aliphatic carbocycles. The monoisotopic (exact) mass is 439 g/mol. The van der Waals surface area contributed by atoms with E-state index in [1.165, 1.54) is 0 Å². The Balaban J connectivity index is 0.00000231. The van der Waals surface area contributed by atoms with Crippen LogP contribution in [-0.2, 0) is 9.63 Å². The van der Waals surface area contributed by atoms with Crippen LogP contribution >= 0.6 is 12.4 Å². The molecule has 1 fully saturated rings. The second-order valence-corrected chi connectivity index (χ2v) is 7.34. The molecule has 160 valence electrons. The fourth-order valence-corrected chi connectivity index (χ4v) is 3.91. The van der Waals surface area contributed by atoms with Gasteiger partial charge in [0.2, 0.25) is 0 Å². The molecule has 0 saturated carbocycles. The summed E-state index contributed by atoms with van der Waals surface area (Å²) >= 11 is 0. The van der Waals surface area contributed by atoms with Gasteiger partial charge < -0.3 is 25.6 Å². The van der Waals surface area contributed by atoms with Crippen LogP contribution in [0.3, 0.4) is 0 Å². The molecule has 31 heavy (non-hydrogen) atoms. The average molecular weight is 440 g/mol. The molecule has 0 radical (unpaired) electrons. The molecule has 3 heterocycles. The quantitative estimate of drug-likeness (QED) is 0.458. The molecule has 2 aliphatic heterocycles. The van der Waals surface area contributed by atoms with Gasteiger partial charge in [0.1, 0.15) is 11.4 Å². The molecule has 8 nitrogen and oxygen atoms in total. The predicted molar refractivity (Wildman–Crippen MR) is 122 cm³/mol. The number of benzene rings is 2. The van der Waals surface area contributed by atoms with E-state index in [9.17, 15) is 9.90 Å². The van der Waals surface area contributed by atoms with Gasteiger partial charge in [-0.1, -0.05) is 41.6 Å². The summed E-state index contributed by atoms with van der Waals surface area (Å²) < 4.78 is 0. The number of para-hydroxylation sites is 2. The van der Waals surface area contributed by atoms with E-state index in [1.54, 1.807) is 0 Å². The highest BCUT2D eigenvalue weighted by Crippen LogP contribution is 2.35. The normalized spacial score (nSPS) is 18.5. The number of aromatic nitrogens is 1. The van der Waals surface area contributed by atoms with Crippen LogP contribution in [0.2, 0.25) is 0 Å². The third kappa shape index (κ3) is 3.99. The lowest BCUT2D eigenvalue weighted by atomic mass is 10.0. The molecule has 0 unspecified atom stereocenters. The Morgan fingerprint density at radius 3 is 2.87 bits per heavy atom. The highest BCUT2D eigenvalue weighted by molar-refractivity contribution is 6.58. The number of aromatic hydroxyl groups is 1. The first-order valence-corrected chi connectivity index (χ1v) is 9.89. The minimum atomic E-state index is -0.215. The van der Waals surface area contributed by atoms with E-state index in [1.807, 2.05) is 48.5 Å². The van der Waals surface area contributed by atoms with Crippen LogP contribution in [0.15, 0.2) is 58.7 Å². The van der Waals surface area contributed by atoms with E-state index in [2.05, 4.69) is 25.8 Å². The van der Waals surface area contributed by atoms with Crippen molar-refractivity contribution >= 4 is 46.3 Å². The van der Waals surface area contributed by atoms with Crippen LogP contribution in [0.4, 0.5) is 5.69 Å². The summed E-state index contributed by atoms with van der Waals surface area (Å²) in [6.45, 7) is 1.48. The molecule has 1 amide bonds. The minimum absolute atomic E-state index is 0. The number of hydrogen-bond acceptors (Lipinski definition) is 6. The fourth-order valence-electron chi connectivity index (χ4n) is 3.91. The third-order valence-corrected chi connectivity index (χ3v) is 5.32. The van der Waals surface area contributed by atoms with Crippen LogP contribution < -0.4 is 10.6 Å². The number of fused-ring (bicyclic) bond motifs is 2. The van der Waals surface area contributed by atoms with E-state index in [0.717, 1.165) is 41.7 Å². The maximum atomic E-state index is 12.1. The maximum absolute atomic E-state index is 12.1. The molecule has 2 aromatic carbocycles. The van der Waals surface area contributed by atoms with Gasteiger partial charge in [-0.3, -0.25) is 4.79 Å². The zero-order chi connectivity index (χ0) is 20.5. The molecule has 1 atom stereocenters. The summed E-state index contributed by atoms with van der Waals surface area (Å²) in [6, 6.07) is 15.3. The van der Waals surface area contributed by atoms with Crippen molar-refractivity contribution in [3.05, 3.63) is 59.7 Å². The lowest BCUT2D eigenvalue weighted by Gasteiger charge is -2.10. The summed E-state index contributed by atoms with van der Waals surface area (Å²) in [5, 5.41) is 21.8. The summed E-state index contributed by atoms with van der Waals surface area (Å²) in [6.07, 6.45) is 0.907. The van der Waals surface area contributed by atoms with Gasteiger partial charge in [0.05, 0.1) is 11.3 Å². The molecule has 4 N–H and O–H groups in total. The zero-order valence-electron chi connectivity index (χ0n) is 16.6. The van der Waals surface area contributed by atoms with E-state index in [-0.39, 0.29) is 36.8 Å². The van der Waals surface area contributed by atoms with Crippen molar-refractivity contribution in [2.24, 2.45) is 10.1 Å². The summed E-state index contributed by atoms with van der Waals surface area (Å²) in [5.41, 5.74) is 3.88. The number of rotatable bonds is 5. The SMILES string of the molecule is Cl.O=C(CO/N=C1/C(c2c(O)[nH]c3ccccc23)=Nc2ccccc21)N[C@H]1CCNC1. The van der Waals surface area contributed by atoms with Crippen LogP contribution in [0.5, 0.6) is 5.88 Å². The first-order valence-electron chi connectivity index (χ1n) is 9.89. The van der Waals surface area contributed by atoms with Gasteiger partial charge >= 0.3 is 0 Å². The predicted octanol–water partition coefficient (Wildman–Crippen LogP) is 2.63. The first kappa shape index (κ1) is 20.9. The highest BCUT2D eigenvalue weighted by Gasteiger charge is 2.29. The highest BCUT2D eigenvalue weighted by atomic mass is 35.5. The Bertz CT molecular complexity index is 1180. The van der Waals surface area contributed by atoms with Crippen LogP contribution in [0, 0.1) is 0 Å². The van der Waals surface area contributed by atoms with E-state index in [4.69, 9.17) is 4.84 Å². The average Bonchev–Trinajstić information content (AvgIpc) is 3.45. The first-order chi connectivity index (χ1) is 14.7. The van der Waals surface area contributed by atoms with Crippen molar-refractivity contribution in [3.63, 3.8) is 0 Å². The molecule has 9 heteroatoms. The Labute approximate surface area is 184 Å². The van der Waals surface area contributed by atoms with E-state index >= 15 is 0 Å². The number of carbonyl (C=O) groups excluding carboxylic acids is 1. The van der Waals surface area contributed by atoms with Crippen molar-refractivity contribution in [3.8, 4) is 5.88 Å². The molecule has 2 aliphatic rings. The molecule has 0 bridgehead atoms. The number of oxime groups is 1. The number of hydrogen-bond donors (Lipinski definition) is 4. The number of halogens is 1. The molecular formula is C22H22ClN5O3. The largest absolute Gasteiger partial charge is 0.494 e. The van der Waals surface area contributed by atoms with Crippen molar-refractivity contribution in [2.45, 2.75) is 12.5 Å². The van der Waals surface area contributed by atoms with Crippen LogP contribution in [0.25, 0.3) is 10.9 Å². The number of H-pyrrole nitrogens is 1. The van der Waals surface area contributed by atoms with Gasteiger partial charge in [-0.2, -0.15) is 0 Å². The Kier molecular flexibility index (Phi) is 5.92. The molecule has 1 aromatic heterocycles. The van der Waals surface area contributed by atoms with Gasteiger partial charge in [-0.15, -0.1) is 12.4 Å².